The zero-order valence-electron chi connectivity index (χ0n) is 11.9. The molecule has 1 amide bonds. The molecule has 0 spiro atoms. The molecule has 2 bridgehead atoms. The van der Waals surface area contributed by atoms with Gasteiger partial charge in [-0.15, -0.1) is 0 Å². The first kappa shape index (κ1) is 12.2. The molecule has 0 aliphatic heterocycles. The first-order valence-corrected chi connectivity index (χ1v) is 8.20. The number of carbonyl (C=O) groups is 1. The number of likely N-dealkylation sites (N-methyl/N-ethyl adjacent to an activating group) is 1. The number of hydrogen-bond acceptors (Lipinski definition) is 2. The summed E-state index contributed by atoms with van der Waals surface area (Å²) in [6.45, 7) is 0. The van der Waals surface area contributed by atoms with E-state index in [1.807, 2.05) is 11.9 Å². The van der Waals surface area contributed by atoms with Gasteiger partial charge in [-0.25, -0.2) is 0 Å². The smallest absolute Gasteiger partial charge is 0.226 e. The number of carbonyl (C=O) groups excluding carboxylic acids is 1. The molecule has 19 heavy (non-hydrogen) atoms. The van der Waals surface area contributed by atoms with Crippen molar-refractivity contribution in [2.75, 3.05) is 7.05 Å². The Bertz CT molecular complexity index is 380. The van der Waals surface area contributed by atoms with Crippen LogP contribution in [0, 0.1) is 29.6 Å². The number of nitrogens with two attached hydrogens (primary N) is 1. The number of nitrogens with zero attached hydrogens (tertiary/aromatic N) is 1. The molecule has 0 aromatic carbocycles. The van der Waals surface area contributed by atoms with Gasteiger partial charge in [0.15, 0.2) is 0 Å². The van der Waals surface area contributed by atoms with Crippen LogP contribution in [0.4, 0.5) is 0 Å². The average Bonchev–Trinajstić information content (AvgIpc) is 2.85. The van der Waals surface area contributed by atoms with Crippen molar-refractivity contribution >= 4 is 5.91 Å². The van der Waals surface area contributed by atoms with E-state index >= 15 is 0 Å². The molecule has 4 aliphatic carbocycles. The molecule has 106 valence electrons. The van der Waals surface area contributed by atoms with Crippen LogP contribution >= 0.6 is 0 Å². The van der Waals surface area contributed by atoms with E-state index in [1.54, 1.807) is 0 Å². The van der Waals surface area contributed by atoms with Gasteiger partial charge < -0.3 is 10.6 Å². The van der Waals surface area contributed by atoms with Gasteiger partial charge >= 0.3 is 0 Å². The molecule has 0 aromatic heterocycles. The summed E-state index contributed by atoms with van der Waals surface area (Å²) >= 11 is 0. The monoisotopic (exact) mass is 262 g/mol. The van der Waals surface area contributed by atoms with Crippen molar-refractivity contribution in [2.45, 2.75) is 57.0 Å². The molecule has 0 saturated heterocycles. The Hall–Kier alpha value is -0.570. The third-order valence-electron chi connectivity index (χ3n) is 6.65. The summed E-state index contributed by atoms with van der Waals surface area (Å²) in [6, 6.07) is 0.512. The van der Waals surface area contributed by atoms with E-state index in [-0.39, 0.29) is 6.04 Å². The molecule has 0 radical (unpaired) electrons. The van der Waals surface area contributed by atoms with E-state index in [0.29, 0.717) is 17.9 Å². The zero-order valence-corrected chi connectivity index (χ0v) is 11.9. The Morgan fingerprint density at radius 1 is 1.05 bits per heavy atom. The van der Waals surface area contributed by atoms with Gasteiger partial charge in [-0.1, -0.05) is 12.8 Å². The van der Waals surface area contributed by atoms with E-state index in [2.05, 4.69) is 0 Å². The Morgan fingerprint density at radius 2 is 1.68 bits per heavy atom. The molecule has 6 unspecified atom stereocenters. The number of rotatable bonds is 2. The minimum absolute atomic E-state index is 0.206. The molecule has 4 saturated carbocycles. The SMILES string of the molecule is CN(C(=O)C1C2C3CCC(C3)C12)C1CCCCC1N. The van der Waals surface area contributed by atoms with E-state index < -0.39 is 0 Å². The molecule has 3 heteroatoms. The van der Waals surface area contributed by atoms with Gasteiger partial charge in [0.2, 0.25) is 5.91 Å². The molecule has 0 aromatic rings. The topological polar surface area (TPSA) is 46.3 Å². The summed E-state index contributed by atoms with van der Waals surface area (Å²) in [4.78, 5) is 14.8. The van der Waals surface area contributed by atoms with Gasteiger partial charge in [0.25, 0.3) is 0 Å². The Labute approximate surface area is 115 Å². The lowest BCUT2D eigenvalue weighted by Gasteiger charge is -2.36. The fourth-order valence-electron chi connectivity index (χ4n) is 5.67. The molecule has 4 rings (SSSR count). The van der Waals surface area contributed by atoms with Gasteiger partial charge in [-0.3, -0.25) is 4.79 Å². The Kier molecular flexibility index (Phi) is 2.70. The summed E-state index contributed by atoms with van der Waals surface area (Å²) in [6.07, 6.45) is 8.87. The summed E-state index contributed by atoms with van der Waals surface area (Å²) in [5.41, 5.74) is 6.23. The molecule has 3 nitrogen and oxygen atoms in total. The number of amides is 1. The van der Waals surface area contributed by atoms with Crippen molar-refractivity contribution in [3.63, 3.8) is 0 Å². The Balaban J connectivity index is 1.44. The Morgan fingerprint density at radius 3 is 2.32 bits per heavy atom. The van der Waals surface area contributed by atoms with Crippen LogP contribution in [-0.2, 0) is 4.79 Å². The first-order chi connectivity index (χ1) is 9.18. The first-order valence-electron chi connectivity index (χ1n) is 8.20. The second-order valence-electron chi connectivity index (χ2n) is 7.48. The third kappa shape index (κ3) is 1.70. The second kappa shape index (κ2) is 4.21. The summed E-state index contributed by atoms with van der Waals surface area (Å²) in [5.74, 6) is 4.09. The van der Waals surface area contributed by atoms with Gasteiger partial charge in [0, 0.05) is 25.0 Å². The highest BCUT2D eigenvalue weighted by atomic mass is 16.2. The minimum atomic E-state index is 0.206. The van der Waals surface area contributed by atoms with E-state index in [9.17, 15) is 4.79 Å². The van der Waals surface area contributed by atoms with Crippen LogP contribution in [0.3, 0.4) is 0 Å². The van der Waals surface area contributed by atoms with Gasteiger partial charge in [0.1, 0.15) is 0 Å². The maximum Gasteiger partial charge on any atom is 0.226 e. The number of fused-ring (bicyclic) bond motifs is 5. The maximum atomic E-state index is 12.8. The summed E-state index contributed by atoms with van der Waals surface area (Å²) in [5, 5.41) is 0. The summed E-state index contributed by atoms with van der Waals surface area (Å²) in [7, 11) is 2.01. The van der Waals surface area contributed by atoms with Gasteiger partial charge in [-0.2, -0.15) is 0 Å². The van der Waals surface area contributed by atoms with E-state index in [1.165, 1.54) is 32.1 Å². The zero-order chi connectivity index (χ0) is 13.1. The summed E-state index contributed by atoms with van der Waals surface area (Å²) < 4.78 is 0. The lowest BCUT2D eigenvalue weighted by atomic mass is 9.89. The molecule has 2 N–H and O–H groups in total. The second-order valence-corrected chi connectivity index (χ2v) is 7.48. The van der Waals surface area contributed by atoms with Gasteiger partial charge in [0.05, 0.1) is 0 Å². The van der Waals surface area contributed by atoms with Crippen molar-refractivity contribution in [1.29, 1.82) is 0 Å². The van der Waals surface area contributed by atoms with Crippen molar-refractivity contribution < 1.29 is 4.79 Å². The predicted octanol–water partition coefficient (Wildman–Crippen LogP) is 2.01. The van der Waals surface area contributed by atoms with Crippen molar-refractivity contribution in [3.8, 4) is 0 Å². The van der Waals surface area contributed by atoms with Gasteiger partial charge in [-0.05, 0) is 55.8 Å². The molecular formula is C16H26N2O. The maximum absolute atomic E-state index is 12.8. The van der Waals surface area contributed by atoms with Crippen LogP contribution < -0.4 is 5.73 Å². The largest absolute Gasteiger partial charge is 0.341 e. The lowest BCUT2D eigenvalue weighted by molar-refractivity contribution is -0.135. The fraction of sp³-hybridized carbons (Fsp3) is 0.938. The number of hydrogen-bond donors (Lipinski definition) is 1. The highest BCUT2D eigenvalue weighted by Crippen LogP contribution is 2.69. The highest BCUT2D eigenvalue weighted by Gasteiger charge is 2.68. The van der Waals surface area contributed by atoms with E-state index in [4.69, 9.17) is 5.73 Å². The molecular weight excluding hydrogens is 236 g/mol. The van der Waals surface area contributed by atoms with Crippen molar-refractivity contribution in [1.82, 2.24) is 4.90 Å². The lowest BCUT2D eigenvalue weighted by Crippen LogP contribution is -2.51. The standard InChI is InChI=1S/C16H26N2O/c1-18(12-5-3-2-4-11(12)17)16(19)15-13-9-6-7-10(8-9)14(13)15/h9-15H,2-8,17H2,1H3. The van der Waals surface area contributed by atoms with Crippen LogP contribution in [0.1, 0.15) is 44.9 Å². The molecule has 4 aliphatic rings. The van der Waals surface area contributed by atoms with Crippen molar-refractivity contribution in [2.24, 2.45) is 35.3 Å². The van der Waals surface area contributed by atoms with Crippen LogP contribution in [0.25, 0.3) is 0 Å². The van der Waals surface area contributed by atoms with Crippen LogP contribution in [0.2, 0.25) is 0 Å². The third-order valence-corrected chi connectivity index (χ3v) is 6.65. The quantitative estimate of drug-likeness (QED) is 0.827. The van der Waals surface area contributed by atoms with Crippen LogP contribution in [0.5, 0.6) is 0 Å². The van der Waals surface area contributed by atoms with Crippen LogP contribution in [-0.4, -0.2) is 29.9 Å². The minimum Gasteiger partial charge on any atom is -0.341 e. The molecule has 0 heterocycles. The molecule has 4 fully saturated rings. The van der Waals surface area contributed by atoms with Crippen LogP contribution in [0.15, 0.2) is 0 Å². The average molecular weight is 262 g/mol. The predicted molar refractivity (Wildman–Crippen MR) is 74.3 cm³/mol. The van der Waals surface area contributed by atoms with E-state index in [0.717, 1.165) is 36.5 Å². The van der Waals surface area contributed by atoms with Crippen molar-refractivity contribution in [3.05, 3.63) is 0 Å². The highest BCUT2D eigenvalue weighted by molar-refractivity contribution is 5.83. The molecule has 6 atom stereocenters. The fourth-order valence-corrected chi connectivity index (χ4v) is 5.67. The normalized spacial score (nSPS) is 50.9.